The number of hydrogen-bond donors (Lipinski definition) is 1. The van der Waals surface area contributed by atoms with E-state index in [2.05, 4.69) is 42.8 Å². The van der Waals surface area contributed by atoms with Gasteiger partial charge in [-0.3, -0.25) is 9.59 Å². The number of aryl methyl sites for hydroxylation is 1. The molecule has 2 saturated carbocycles. The molecule has 2 fully saturated rings. The zero-order valence-corrected chi connectivity index (χ0v) is 25.2. The molecule has 0 aliphatic heterocycles. The minimum Gasteiger partial charge on any atom is -0.352 e. The molecule has 1 aromatic heterocycles. The summed E-state index contributed by atoms with van der Waals surface area (Å²) in [7, 11) is 0. The van der Waals surface area contributed by atoms with Crippen LogP contribution in [0.2, 0.25) is 0 Å². The largest absolute Gasteiger partial charge is 0.352 e. The number of aromatic nitrogens is 2. The number of unbranched alkanes of at least 4 members (excludes halogenated alkanes) is 2. The van der Waals surface area contributed by atoms with E-state index < -0.39 is 0 Å². The van der Waals surface area contributed by atoms with Crippen LogP contribution >= 0.6 is 15.9 Å². The van der Waals surface area contributed by atoms with E-state index in [1.807, 2.05) is 36.4 Å². The monoisotopic (exact) mass is 606 g/mol. The minimum absolute atomic E-state index is 0.0340. The van der Waals surface area contributed by atoms with Gasteiger partial charge in [0.15, 0.2) is 0 Å². The van der Waals surface area contributed by atoms with Gasteiger partial charge in [-0.2, -0.15) is 0 Å². The first-order valence-corrected chi connectivity index (χ1v) is 16.2. The molecule has 2 amide bonds. The summed E-state index contributed by atoms with van der Waals surface area (Å²) in [5.41, 5.74) is 2.70. The number of rotatable bonds is 11. The van der Waals surface area contributed by atoms with E-state index in [1.165, 1.54) is 38.5 Å². The first-order valence-electron chi connectivity index (χ1n) is 15.4. The van der Waals surface area contributed by atoms with Gasteiger partial charge in [0.2, 0.25) is 5.91 Å². The molecule has 0 spiro atoms. The van der Waals surface area contributed by atoms with Crippen LogP contribution in [0.1, 0.15) is 99.7 Å². The maximum Gasteiger partial charge on any atom is 0.251 e. The van der Waals surface area contributed by atoms with Crippen molar-refractivity contribution >= 4 is 38.8 Å². The maximum atomic E-state index is 14.1. The van der Waals surface area contributed by atoms with Crippen LogP contribution in [-0.4, -0.2) is 44.9 Å². The van der Waals surface area contributed by atoms with Crippen molar-refractivity contribution < 1.29 is 9.59 Å². The third kappa shape index (κ3) is 7.34. The van der Waals surface area contributed by atoms with E-state index in [-0.39, 0.29) is 11.8 Å². The molecule has 2 aliphatic rings. The second kappa shape index (κ2) is 14.3. The summed E-state index contributed by atoms with van der Waals surface area (Å²) >= 11 is 3.41. The molecule has 2 aliphatic carbocycles. The van der Waals surface area contributed by atoms with Crippen molar-refractivity contribution in [2.75, 3.05) is 6.54 Å². The molecular weight excluding hydrogens is 564 g/mol. The SMILES string of the molecule is O=C(NCCCCCc1nc2ccccc2n1CC(=O)N(C1CCCCC1)C1CCCCC1)c1ccc(Br)cc1. The molecule has 0 bridgehead atoms. The summed E-state index contributed by atoms with van der Waals surface area (Å²) in [6.45, 7) is 1.04. The van der Waals surface area contributed by atoms with Gasteiger partial charge in [-0.25, -0.2) is 4.98 Å². The van der Waals surface area contributed by atoms with E-state index in [4.69, 9.17) is 4.98 Å². The van der Waals surface area contributed by atoms with Gasteiger partial charge < -0.3 is 14.8 Å². The Hall–Kier alpha value is -2.67. The first-order chi connectivity index (χ1) is 19.6. The van der Waals surface area contributed by atoms with Crippen molar-refractivity contribution in [3.8, 4) is 0 Å². The summed E-state index contributed by atoms with van der Waals surface area (Å²) in [5, 5.41) is 3.03. The van der Waals surface area contributed by atoms with E-state index in [9.17, 15) is 9.59 Å². The molecule has 214 valence electrons. The average Bonchev–Trinajstić information content (AvgIpc) is 3.33. The van der Waals surface area contributed by atoms with Crippen LogP contribution in [0.5, 0.6) is 0 Å². The predicted molar refractivity (Wildman–Crippen MR) is 164 cm³/mol. The summed E-state index contributed by atoms with van der Waals surface area (Å²) in [4.78, 5) is 33.7. The number of fused-ring (bicyclic) bond motifs is 1. The lowest BCUT2D eigenvalue weighted by Gasteiger charge is -2.42. The lowest BCUT2D eigenvalue weighted by atomic mass is 9.88. The third-order valence-corrected chi connectivity index (χ3v) is 9.25. The Kier molecular flexibility index (Phi) is 10.3. The number of carbonyl (C=O) groups excluding carboxylic acids is 2. The van der Waals surface area contributed by atoms with Crippen LogP contribution in [0.25, 0.3) is 11.0 Å². The van der Waals surface area contributed by atoms with Crippen LogP contribution in [0.15, 0.2) is 53.0 Å². The van der Waals surface area contributed by atoms with Crippen molar-refractivity contribution in [3.63, 3.8) is 0 Å². The summed E-state index contributed by atoms with van der Waals surface area (Å²) in [6.07, 6.45) is 15.9. The first kappa shape index (κ1) is 28.8. The Morgan fingerprint density at radius 3 is 2.17 bits per heavy atom. The van der Waals surface area contributed by atoms with Gasteiger partial charge in [0, 0.05) is 35.1 Å². The molecule has 0 radical (unpaired) electrons. The zero-order chi connectivity index (χ0) is 27.7. The fraction of sp³-hybridized carbons (Fsp3) is 0.545. The number of halogens is 1. The van der Waals surface area contributed by atoms with E-state index >= 15 is 0 Å². The third-order valence-electron chi connectivity index (χ3n) is 8.72. The second-order valence-electron chi connectivity index (χ2n) is 11.6. The van der Waals surface area contributed by atoms with Crippen molar-refractivity contribution in [1.29, 1.82) is 0 Å². The molecule has 0 atom stereocenters. The average molecular weight is 608 g/mol. The Morgan fingerprint density at radius 1 is 0.850 bits per heavy atom. The molecule has 1 N–H and O–H groups in total. The van der Waals surface area contributed by atoms with Gasteiger partial charge in [-0.1, -0.05) is 73.0 Å². The van der Waals surface area contributed by atoms with Crippen LogP contribution in [0.4, 0.5) is 0 Å². The number of amides is 2. The molecule has 0 saturated heterocycles. The van der Waals surface area contributed by atoms with Gasteiger partial charge >= 0.3 is 0 Å². The second-order valence-corrected chi connectivity index (χ2v) is 12.5. The molecule has 0 unspecified atom stereocenters. The molecular formula is C33H43BrN4O2. The minimum atomic E-state index is -0.0340. The number of para-hydroxylation sites is 2. The quantitative estimate of drug-likeness (QED) is 0.231. The van der Waals surface area contributed by atoms with E-state index in [0.29, 0.717) is 30.7 Å². The fourth-order valence-corrected chi connectivity index (χ4v) is 6.89. The zero-order valence-electron chi connectivity index (χ0n) is 23.6. The highest BCUT2D eigenvalue weighted by molar-refractivity contribution is 9.10. The Bertz CT molecular complexity index is 1240. The van der Waals surface area contributed by atoms with Gasteiger partial charge in [0.1, 0.15) is 12.4 Å². The summed E-state index contributed by atoms with van der Waals surface area (Å²) < 4.78 is 3.15. The molecule has 7 heteroatoms. The number of hydrogen-bond acceptors (Lipinski definition) is 3. The lowest BCUT2D eigenvalue weighted by Crippen LogP contribution is -2.50. The molecule has 40 heavy (non-hydrogen) atoms. The highest BCUT2D eigenvalue weighted by atomic mass is 79.9. The lowest BCUT2D eigenvalue weighted by molar-refractivity contribution is -0.138. The van der Waals surface area contributed by atoms with Crippen molar-refractivity contribution in [2.24, 2.45) is 0 Å². The highest BCUT2D eigenvalue weighted by Gasteiger charge is 2.33. The molecule has 5 rings (SSSR count). The molecule has 3 aromatic rings. The smallest absolute Gasteiger partial charge is 0.251 e. The fourth-order valence-electron chi connectivity index (χ4n) is 6.62. The number of carbonyl (C=O) groups is 2. The molecule has 6 nitrogen and oxygen atoms in total. The van der Waals surface area contributed by atoms with Gasteiger partial charge in [0.05, 0.1) is 11.0 Å². The molecule has 2 aromatic carbocycles. The van der Waals surface area contributed by atoms with Crippen LogP contribution < -0.4 is 5.32 Å². The Balaban J connectivity index is 1.20. The van der Waals surface area contributed by atoms with E-state index in [0.717, 1.165) is 72.7 Å². The van der Waals surface area contributed by atoms with Crippen LogP contribution in [0.3, 0.4) is 0 Å². The normalized spacial score (nSPS) is 16.7. The van der Waals surface area contributed by atoms with Crippen molar-refractivity contribution in [1.82, 2.24) is 19.8 Å². The van der Waals surface area contributed by atoms with E-state index in [1.54, 1.807) is 0 Å². The number of benzene rings is 2. The Labute approximate surface area is 247 Å². The predicted octanol–water partition coefficient (Wildman–Crippen LogP) is 7.44. The number of imidazole rings is 1. The number of nitrogens with one attached hydrogen (secondary N) is 1. The molecule has 1 heterocycles. The Morgan fingerprint density at radius 2 is 1.50 bits per heavy atom. The highest BCUT2D eigenvalue weighted by Crippen LogP contribution is 2.31. The standard InChI is InChI=1S/C33H43BrN4O2/c34-26-21-19-25(20-22-26)33(40)35-23-11-3-8-18-31-36-29-16-9-10-17-30(29)37(31)24-32(39)38(27-12-4-1-5-13-27)28-14-6-2-7-15-28/h9-10,16-17,19-22,27-28H,1-8,11-15,18,23-24H2,(H,35,40). The van der Waals surface area contributed by atoms with Gasteiger partial charge in [-0.05, 0) is 74.9 Å². The van der Waals surface area contributed by atoms with Gasteiger partial charge in [0.25, 0.3) is 5.91 Å². The summed E-state index contributed by atoms with van der Waals surface area (Å²) in [5.74, 6) is 1.24. The maximum absolute atomic E-state index is 14.1. The summed E-state index contributed by atoms with van der Waals surface area (Å²) in [6, 6.07) is 16.4. The van der Waals surface area contributed by atoms with Crippen LogP contribution in [0, 0.1) is 0 Å². The van der Waals surface area contributed by atoms with Gasteiger partial charge in [-0.15, -0.1) is 0 Å². The van der Waals surface area contributed by atoms with Crippen molar-refractivity contribution in [2.45, 2.75) is 109 Å². The van der Waals surface area contributed by atoms with Crippen molar-refractivity contribution in [3.05, 3.63) is 64.4 Å². The number of nitrogens with zero attached hydrogens (tertiary/aromatic N) is 3. The topological polar surface area (TPSA) is 67.2 Å². The van der Waals surface area contributed by atoms with Crippen LogP contribution in [-0.2, 0) is 17.8 Å².